The van der Waals surface area contributed by atoms with Gasteiger partial charge in [0.1, 0.15) is 0 Å². The van der Waals surface area contributed by atoms with Gasteiger partial charge in [-0.1, -0.05) is 35.6 Å². The summed E-state index contributed by atoms with van der Waals surface area (Å²) in [6.45, 7) is 0.976. The minimum atomic E-state index is -3.27. The number of hydrogen-bond acceptors (Lipinski definition) is 6. The number of thiazole rings is 1. The average Bonchev–Trinajstić information content (AvgIpc) is 3.37. The lowest BCUT2D eigenvalue weighted by molar-refractivity contribution is -0.118. The Balaban J connectivity index is 1.58. The smallest absolute Gasteiger partial charge is 0.233 e. The number of amides is 1. The first kappa shape index (κ1) is 20.2. The predicted molar refractivity (Wildman–Crippen MR) is 117 cm³/mol. The first-order valence-corrected chi connectivity index (χ1v) is 12.0. The van der Waals surface area contributed by atoms with E-state index in [2.05, 4.69) is 10.1 Å². The maximum atomic E-state index is 13.2. The molecular formula is C21H20N4O3S2. The Labute approximate surface area is 178 Å². The number of carbonyl (C=O) groups excluding carboxylic acids is 1. The monoisotopic (exact) mass is 440 g/mol. The lowest BCUT2D eigenvalue weighted by Gasteiger charge is -2.20. The molecule has 0 aliphatic rings. The van der Waals surface area contributed by atoms with Gasteiger partial charge in [0, 0.05) is 25.2 Å². The molecule has 0 aliphatic carbocycles. The molecule has 4 rings (SSSR count). The third-order valence-electron chi connectivity index (χ3n) is 4.63. The first-order chi connectivity index (χ1) is 14.4. The molecule has 0 N–H and O–H groups in total. The topological polar surface area (TPSA) is 85.2 Å². The van der Waals surface area contributed by atoms with Gasteiger partial charge in [0.15, 0.2) is 15.0 Å². The van der Waals surface area contributed by atoms with Crippen LogP contribution < -0.4 is 4.90 Å². The summed E-state index contributed by atoms with van der Waals surface area (Å²) in [7, 11) is -3.27. The molecule has 154 valence electrons. The van der Waals surface area contributed by atoms with Crippen LogP contribution in [0.2, 0.25) is 0 Å². The molecule has 30 heavy (non-hydrogen) atoms. The molecule has 0 spiro atoms. The second kappa shape index (κ2) is 8.37. The summed E-state index contributed by atoms with van der Waals surface area (Å²) in [6.07, 6.45) is 4.87. The number of anilines is 1. The quantitative estimate of drug-likeness (QED) is 0.441. The zero-order valence-corrected chi connectivity index (χ0v) is 17.9. The number of rotatable bonds is 7. The van der Waals surface area contributed by atoms with Crippen LogP contribution in [0.4, 0.5) is 5.13 Å². The highest BCUT2D eigenvalue weighted by Crippen LogP contribution is 2.29. The standard InChI is InChI=1S/C21H20N4O3S2/c1-30(27,28)17-9-7-16(8-10-17)15-20(26)25(14-13-24-12-4-11-22-24)21-23-18-5-2-3-6-19(18)29-21/h2-12H,13-15H2,1H3. The molecule has 0 saturated heterocycles. The van der Waals surface area contributed by atoms with E-state index in [1.165, 1.54) is 23.5 Å². The van der Waals surface area contributed by atoms with Gasteiger partial charge in [-0.15, -0.1) is 0 Å². The van der Waals surface area contributed by atoms with E-state index in [1.54, 1.807) is 27.9 Å². The highest BCUT2D eigenvalue weighted by molar-refractivity contribution is 7.90. The maximum absolute atomic E-state index is 13.2. The predicted octanol–water partition coefficient (Wildman–Crippen LogP) is 3.17. The minimum absolute atomic E-state index is 0.103. The van der Waals surface area contributed by atoms with E-state index in [9.17, 15) is 13.2 Å². The van der Waals surface area contributed by atoms with Crippen LogP contribution in [0.5, 0.6) is 0 Å². The number of sulfone groups is 1. The molecule has 0 bridgehead atoms. The minimum Gasteiger partial charge on any atom is -0.286 e. The third kappa shape index (κ3) is 4.58. The van der Waals surface area contributed by atoms with Crippen molar-refractivity contribution >= 4 is 42.4 Å². The largest absolute Gasteiger partial charge is 0.286 e. The Hall–Kier alpha value is -3.04. The third-order valence-corrected chi connectivity index (χ3v) is 6.82. The van der Waals surface area contributed by atoms with Gasteiger partial charge in [0.05, 0.1) is 28.1 Å². The Morgan fingerprint density at radius 1 is 1.10 bits per heavy atom. The summed E-state index contributed by atoms with van der Waals surface area (Å²) in [5.74, 6) is -0.103. The zero-order chi connectivity index (χ0) is 21.1. The average molecular weight is 441 g/mol. The van der Waals surface area contributed by atoms with Crippen LogP contribution in [0.15, 0.2) is 71.9 Å². The van der Waals surface area contributed by atoms with E-state index in [4.69, 9.17) is 0 Å². The normalized spacial score (nSPS) is 11.6. The fourth-order valence-corrected chi connectivity index (χ4v) is 4.70. The van der Waals surface area contributed by atoms with Crippen molar-refractivity contribution < 1.29 is 13.2 Å². The molecule has 7 nitrogen and oxygen atoms in total. The molecule has 2 aromatic carbocycles. The molecule has 0 unspecified atom stereocenters. The molecule has 0 radical (unpaired) electrons. The number of hydrogen-bond donors (Lipinski definition) is 0. The van der Waals surface area contributed by atoms with Crippen LogP contribution in [-0.4, -0.2) is 41.9 Å². The molecule has 4 aromatic rings. The van der Waals surface area contributed by atoms with Crippen molar-refractivity contribution in [2.45, 2.75) is 17.9 Å². The summed E-state index contributed by atoms with van der Waals surface area (Å²) >= 11 is 1.47. The van der Waals surface area contributed by atoms with Gasteiger partial charge in [-0.05, 0) is 35.9 Å². The fourth-order valence-electron chi connectivity index (χ4n) is 3.06. The SMILES string of the molecule is CS(=O)(=O)c1ccc(CC(=O)N(CCn2cccn2)c2nc3ccccc3s2)cc1. The molecule has 0 aliphatic heterocycles. The maximum Gasteiger partial charge on any atom is 0.233 e. The number of fused-ring (bicyclic) bond motifs is 1. The second-order valence-electron chi connectivity index (χ2n) is 6.87. The van der Waals surface area contributed by atoms with E-state index in [-0.39, 0.29) is 17.2 Å². The molecule has 0 atom stereocenters. The summed E-state index contributed by atoms with van der Waals surface area (Å²) in [5.41, 5.74) is 1.60. The van der Waals surface area contributed by atoms with Gasteiger partial charge in [-0.2, -0.15) is 5.10 Å². The highest BCUT2D eigenvalue weighted by atomic mass is 32.2. The van der Waals surface area contributed by atoms with Crippen molar-refractivity contribution in [3.05, 3.63) is 72.6 Å². The molecule has 9 heteroatoms. The van der Waals surface area contributed by atoms with Crippen LogP contribution in [0.1, 0.15) is 5.56 Å². The molecular weight excluding hydrogens is 420 g/mol. The van der Waals surface area contributed by atoms with E-state index >= 15 is 0 Å². The summed E-state index contributed by atoms with van der Waals surface area (Å²) in [5, 5.41) is 4.85. The van der Waals surface area contributed by atoms with Gasteiger partial charge in [-0.25, -0.2) is 13.4 Å². The van der Waals surface area contributed by atoms with Gasteiger partial charge < -0.3 is 0 Å². The van der Waals surface area contributed by atoms with Gasteiger partial charge in [0.25, 0.3) is 0 Å². The van der Waals surface area contributed by atoms with Crippen LogP contribution in [-0.2, 0) is 27.6 Å². The molecule has 1 amide bonds. The van der Waals surface area contributed by atoms with Gasteiger partial charge >= 0.3 is 0 Å². The first-order valence-electron chi connectivity index (χ1n) is 9.32. The number of para-hydroxylation sites is 1. The molecule has 0 saturated carbocycles. The van der Waals surface area contributed by atoms with Crippen LogP contribution >= 0.6 is 11.3 Å². The van der Waals surface area contributed by atoms with Crippen molar-refractivity contribution in [2.24, 2.45) is 0 Å². The Kier molecular flexibility index (Phi) is 5.65. The van der Waals surface area contributed by atoms with Crippen molar-refractivity contribution in [1.29, 1.82) is 0 Å². The number of aromatic nitrogens is 3. The summed E-state index contributed by atoms with van der Waals surface area (Å²) in [6, 6.07) is 16.0. The Morgan fingerprint density at radius 3 is 2.53 bits per heavy atom. The van der Waals surface area contributed by atoms with Gasteiger partial charge in [0.2, 0.25) is 5.91 Å². The summed E-state index contributed by atoms with van der Waals surface area (Å²) in [4.78, 5) is 19.7. The summed E-state index contributed by atoms with van der Waals surface area (Å²) < 4.78 is 26.1. The lowest BCUT2D eigenvalue weighted by atomic mass is 10.1. The van der Waals surface area contributed by atoms with Gasteiger partial charge in [-0.3, -0.25) is 14.4 Å². The van der Waals surface area contributed by atoms with Crippen LogP contribution in [0, 0.1) is 0 Å². The molecule has 0 fully saturated rings. The van der Waals surface area contributed by atoms with Crippen molar-refractivity contribution in [3.8, 4) is 0 Å². The van der Waals surface area contributed by atoms with Crippen LogP contribution in [0.3, 0.4) is 0 Å². The van der Waals surface area contributed by atoms with E-state index in [0.29, 0.717) is 18.2 Å². The van der Waals surface area contributed by atoms with Crippen molar-refractivity contribution in [1.82, 2.24) is 14.8 Å². The zero-order valence-electron chi connectivity index (χ0n) is 16.3. The van der Waals surface area contributed by atoms with Crippen LogP contribution in [0.25, 0.3) is 10.2 Å². The number of nitrogens with zero attached hydrogens (tertiary/aromatic N) is 4. The molecule has 2 aromatic heterocycles. The highest BCUT2D eigenvalue weighted by Gasteiger charge is 2.20. The van der Waals surface area contributed by atoms with E-state index < -0.39 is 9.84 Å². The molecule has 2 heterocycles. The van der Waals surface area contributed by atoms with E-state index in [0.717, 1.165) is 22.0 Å². The number of carbonyl (C=O) groups is 1. The van der Waals surface area contributed by atoms with Crippen molar-refractivity contribution in [3.63, 3.8) is 0 Å². The lowest BCUT2D eigenvalue weighted by Crippen LogP contribution is -2.35. The fraction of sp³-hybridized carbons (Fsp3) is 0.190. The second-order valence-corrected chi connectivity index (χ2v) is 9.90. The van der Waals surface area contributed by atoms with E-state index in [1.807, 2.05) is 36.5 Å². The Morgan fingerprint density at radius 2 is 1.87 bits per heavy atom. The number of benzene rings is 2. The van der Waals surface area contributed by atoms with Crippen molar-refractivity contribution in [2.75, 3.05) is 17.7 Å². The Bertz CT molecular complexity index is 1230.